The first-order chi connectivity index (χ1) is 10.1. The van der Waals surface area contributed by atoms with Crippen molar-refractivity contribution in [1.29, 1.82) is 0 Å². The molecular weight excluding hydrogens is 264 g/mol. The number of likely N-dealkylation sites (N-methyl/N-ethyl adjacent to an activating group) is 1. The third-order valence-electron chi connectivity index (χ3n) is 4.34. The molecule has 2 rings (SSSR count). The first-order valence-corrected chi connectivity index (χ1v) is 7.93. The van der Waals surface area contributed by atoms with Crippen LogP contribution in [0.25, 0.3) is 0 Å². The number of carbonyl (C=O) groups is 1. The lowest BCUT2D eigenvalue weighted by atomic mass is 9.87. The quantitative estimate of drug-likeness (QED) is 0.876. The average Bonchev–Trinajstić information content (AvgIpc) is 2.48. The first kappa shape index (κ1) is 15.8. The fraction of sp³-hybridized carbons (Fsp3) is 0.588. The van der Waals surface area contributed by atoms with Crippen LogP contribution >= 0.6 is 0 Å². The standard InChI is InChI=1S/C17H26N2O2/c1-4-19(5-2)17(21)12(3)18-16-8-6-7-13-11-14(20)9-10-15(13)16/h9-12,16,18,20H,4-8H2,1-3H3. The molecule has 4 nitrogen and oxygen atoms in total. The second-order valence-electron chi connectivity index (χ2n) is 5.73. The van der Waals surface area contributed by atoms with Crippen molar-refractivity contribution in [1.82, 2.24) is 10.2 Å². The fourth-order valence-corrected chi connectivity index (χ4v) is 3.16. The van der Waals surface area contributed by atoms with Gasteiger partial charge in [0.25, 0.3) is 0 Å². The van der Waals surface area contributed by atoms with E-state index in [4.69, 9.17) is 0 Å². The van der Waals surface area contributed by atoms with Crippen LogP contribution in [0.1, 0.15) is 50.8 Å². The molecule has 1 aromatic rings. The number of amides is 1. The van der Waals surface area contributed by atoms with Crippen LogP contribution in [-0.2, 0) is 11.2 Å². The van der Waals surface area contributed by atoms with Gasteiger partial charge in [-0.2, -0.15) is 0 Å². The van der Waals surface area contributed by atoms with Crippen LogP contribution in [0.4, 0.5) is 0 Å². The minimum Gasteiger partial charge on any atom is -0.508 e. The third-order valence-corrected chi connectivity index (χ3v) is 4.34. The van der Waals surface area contributed by atoms with Gasteiger partial charge in [0.2, 0.25) is 5.91 Å². The number of phenolic OH excluding ortho intramolecular Hbond substituents is 1. The Kier molecular flexibility index (Phi) is 5.23. The molecule has 1 amide bonds. The Labute approximate surface area is 127 Å². The zero-order chi connectivity index (χ0) is 15.4. The van der Waals surface area contributed by atoms with Gasteiger partial charge in [-0.3, -0.25) is 10.1 Å². The van der Waals surface area contributed by atoms with Crippen molar-refractivity contribution in [3.8, 4) is 5.75 Å². The van der Waals surface area contributed by atoms with E-state index in [-0.39, 0.29) is 18.0 Å². The van der Waals surface area contributed by atoms with Crippen molar-refractivity contribution in [2.75, 3.05) is 13.1 Å². The summed E-state index contributed by atoms with van der Waals surface area (Å²) in [6, 6.07) is 5.57. The number of hydrogen-bond acceptors (Lipinski definition) is 3. The normalized spacial score (nSPS) is 18.9. The lowest BCUT2D eigenvalue weighted by Gasteiger charge is -2.31. The Morgan fingerprint density at radius 3 is 2.81 bits per heavy atom. The monoisotopic (exact) mass is 290 g/mol. The van der Waals surface area contributed by atoms with E-state index in [0.717, 1.165) is 32.4 Å². The van der Waals surface area contributed by atoms with Gasteiger partial charge in [0, 0.05) is 19.1 Å². The molecule has 0 saturated heterocycles. The number of aromatic hydroxyl groups is 1. The number of nitrogens with zero attached hydrogens (tertiary/aromatic N) is 1. The van der Waals surface area contributed by atoms with Crippen LogP contribution in [0, 0.1) is 0 Å². The zero-order valence-corrected chi connectivity index (χ0v) is 13.2. The summed E-state index contributed by atoms with van der Waals surface area (Å²) in [7, 11) is 0. The Bertz CT molecular complexity index is 498. The molecule has 0 bridgehead atoms. The van der Waals surface area contributed by atoms with Gasteiger partial charge in [0.15, 0.2) is 0 Å². The molecule has 0 fully saturated rings. The van der Waals surface area contributed by atoms with E-state index < -0.39 is 0 Å². The van der Waals surface area contributed by atoms with E-state index in [1.165, 1.54) is 11.1 Å². The summed E-state index contributed by atoms with van der Waals surface area (Å²) < 4.78 is 0. The minimum absolute atomic E-state index is 0.158. The van der Waals surface area contributed by atoms with Crippen LogP contribution < -0.4 is 5.32 Å². The number of hydrogen-bond donors (Lipinski definition) is 2. The van der Waals surface area contributed by atoms with Crippen molar-refractivity contribution >= 4 is 5.91 Å². The second-order valence-corrected chi connectivity index (χ2v) is 5.73. The summed E-state index contributed by atoms with van der Waals surface area (Å²) >= 11 is 0. The minimum atomic E-state index is -0.186. The molecule has 0 aliphatic heterocycles. The molecule has 2 atom stereocenters. The number of aryl methyl sites for hydroxylation is 1. The molecule has 2 N–H and O–H groups in total. The van der Waals surface area contributed by atoms with Crippen LogP contribution in [0.15, 0.2) is 18.2 Å². The Morgan fingerprint density at radius 1 is 1.43 bits per heavy atom. The van der Waals surface area contributed by atoms with Crippen molar-refractivity contribution in [3.05, 3.63) is 29.3 Å². The number of phenols is 1. The maximum Gasteiger partial charge on any atom is 0.239 e. The molecule has 1 aromatic carbocycles. The molecule has 0 aromatic heterocycles. The van der Waals surface area contributed by atoms with E-state index >= 15 is 0 Å². The highest BCUT2D eigenvalue weighted by Crippen LogP contribution is 2.32. The number of benzene rings is 1. The van der Waals surface area contributed by atoms with Crippen molar-refractivity contribution < 1.29 is 9.90 Å². The third kappa shape index (κ3) is 3.56. The van der Waals surface area contributed by atoms with Gasteiger partial charge in [-0.15, -0.1) is 0 Å². The molecule has 21 heavy (non-hydrogen) atoms. The number of fused-ring (bicyclic) bond motifs is 1. The smallest absolute Gasteiger partial charge is 0.239 e. The summed E-state index contributed by atoms with van der Waals surface area (Å²) in [4.78, 5) is 14.2. The molecule has 1 aliphatic carbocycles. The lowest BCUT2D eigenvalue weighted by Crippen LogP contribution is -2.46. The zero-order valence-electron chi connectivity index (χ0n) is 13.2. The molecule has 0 saturated carbocycles. The number of carbonyl (C=O) groups excluding carboxylic acids is 1. The predicted octanol–water partition coefficient (Wildman–Crippen LogP) is 2.62. The van der Waals surface area contributed by atoms with Crippen molar-refractivity contribution in [2.24, 2.45) is 0 Å². The van der Waals surface area contributed by atoms with Crippen LogP contribution in [0.3, 0.4) is 0 Å². The predicted molar refractivity (Wildman–Crippen MR) is 84.3 cm³/mol. The summed E-state index contributed by atoms with van der Waals surface area (Å²) in [5, 5.41) is 13.1. The number of nitrogens with one attached hydrogen (secondary N) is 1. The Balaban J connectivity index is 2.09. The molecule has 0 spiro atoms. The average molecular weight is 290 g/mol. The van der Waals surface area contributed by atoms with Crippen LogP contribution in [-0.4, -0.2) is 35.0 Å². The highest BCUT2D eigenvalue weighted by molar-refractivity contribution is 5.81. The maximum absolute atomic E-state index is 12.4. The van der Waals surface area contributed by atoms with E-state index in [1.54, 1.807) is 6.07 Å². The highest BCUT2D eigenvalue weighted by Gasteiger charge is 2.25. The van der Waals surface area contributed by atoms with E-state index in [9.17, 15) is 9.90 Å². The van der Waals surface area contributed by atoms with Gasteiger partial charge in [0.05, 0.1) is 6.04 Å². The van der Waals surface area contributed by atoms with Gasteiger partial charge in [0.1, 0.15) is 5.75 Å². The van der Waals surface area contributed by atoms with Gasteiger partial charge < -0.3 is 10.0 Å². The van der Waals surface area contributed by atoms with Crippen LogP contribution in [0.5, 0.6) is 5.75 Å². The van der Waals surface area contributed by atoms with E-state index in [2.05, 4.69) is 5.32 Å². The summed E-state index contributed by atoms with van der Waals surface area (Å²) in [6.07, 6.45) is 3.12. The van der Waals surface area contributed by atoms with Gasteiger partial charge in [-0.25, -0.2) is 0 Å². The van der Waals surface area contributed by atoms with Crippen LogP contribution in [0.2, 0.25) is 0 Å². The molecule has 0 heterocycles. The first-order valence-electron chi connectivity index (χ1n) is 7.93. The Morgan fingerprint density at radius 2 is 2.14 bits per heavy atom. The molecule has 1 aliphatic rings. The molecule has 116 valence electrons. The maximum atomic E-state index is 12.4. The highest BCUT2D eigenvalue weighted by atomic mass is 16.3. The van der Waals surface area contributed by atoms with E-state index in [1.807, 2.05) is 37.8 Å². The number of rotatable bonds is 5. The van der Waals surface area contributed by atoms with Crippen molar-refractivity contribution in [2.45, 2.75) is 52.1 Å². The second kappa shape index (κ2) is 6.94. The summed E-state index contributed by atoms with van der Waals surface area (Å²) in [6.45, 7) is 7.45. The van der Waals surface area contributed by atoms with Gasteiger partial charge in [-0.1, -0.05) is 6.07 Å². The topological polar surface area (TPSA) is 52.6 Å². The molecule has 0 radical (unpaired) electrons. The molecular formula is C17H26N2O2. The molecule has 4 heteroatoms. The van der Waals surface area contributed by atoms with E-state index in [0.29, 0.717) is 5.75 Å². The Hall–Kier alpha value is -1.55. The van der Waals surface area contributed by atoms with Crippen molar-refractivity contribution in [3.63, 3.8) is 0 Å². The SMILES string of the molecule is CCN(CC)C(=O)C(C)NC1CCCc2cc(O)ccc21. The summed E-state index contributed by atoms with van der Waals surface area (Å²) in [5.74, 6) is 0.479. The lowest BCUT2D eigenvalue weighted by molar-refractivity contribution is -0.132. The van der Waals surface area contributed by atoms with Gasteiger partial charge >= 0.3 is 0 Å². The fourth-order valence-electron chi connectivity index (χ4n) is 3.16. The van der Waals surface area contributed by atoms with Gasteiger partial charge in [-0.05, 0) is 63.3 Å². The molecule has 2 unspecified atom stereocenters. The summed E-state index contributed by atoms with van der Waals surface area (Å²) in [5.41, 5.74) is 2.42. The largest absolute Gasteiger partial charge is 0.508 e.